The van der Waals surface area contributed by atoms with E-state index in [0.717, 1.165) is 27.6 Å². The average Bonchev–Trinajstić information content (AvgIpc) is 2.89. The minimum atomic E-state index is 0.976. The molecule has 1 fully saturated rings. The van der Waals surface area contributed by atoms with E-state index in [4.69, 9.17) is 0 Å². The van der Waals surface area contributed by atoms with Gasteiger partial charge in [0.2, 0.25) is 0 Å². The number of thioether (sulfide) groups is 1. The predicted octanol–water partition coefficient (Wildman–Crippen LogP) is 1.94. The van der Waals surface area contributed by atoms with Crippen molar-refractivity contribution >= 4 is 23.1 Å². The Kier molecular flexibility index (Phi) is 3.78. The van der Waals surface area contributed by atoms with E-state index in [-0.39, 0.29) is 0 Å². The lowest BCUT2D eigenvalue weighted by Crippen LogP contribution is -2.19. The summed E-state index contributed by atoms with van der Waals surface area (Å²) in [6.45, 7) is 4.28. The summed E-state index contributed by atoms with van der Waals surface area (Å²) in [6.07, 6.45) is 2.85. The zero-order valence-electron chi connectivity index (χ0n) is 8.32. The molecule has 3 nitrogen and oxygen atoms in total. The van der Waals surface area contributed by atoms with Crippen LogP contribution in [0.25, 0.3) is 0 Å². The van der Waals surface area contributed by atoms with E-state index in [0.29, 0.717) is 0 Å². The molecule has 0 atom stereocenters. The van der Waals surface area contributed by atoms with Gasteiger partial charge in [-0.2, -0.15) is 0 Å². The lowest BCUT2D eigenvalue weighted by molar-refractivity contribution is 0.666. The van der Waals surface area contributed by atoms with E-state index in [1.807, 2.05) is 6.92 Å². The molecule has 0 saturated heterocycles. The van der Waals surface area contributed by atoms with Crippen molar-refractivity contribution in [3.05, 3.63) is 5.01 Å². The van der Waals surface area contributed by atoms with Crippen LogP contribution in [0.5, 0.6) is 0 Å². The number of nitrogens with one attached hydrogen (secondary N) is 1. The maximum Gasteiger partial charge on any atom is 0.174 e. The molecule has 0 spiro atoms. The number of aromatic nitrogens is 2. The van der Waals surface area contributed by atoms with Gasteiger partial charge < -0.3 is 5.32 Å². The smallest absolute Gasteiger partial charge is 0.174 e. The molecule has 0 radical (unpaired) electrons. The van der Waals surface area contributed by atoms with E-state index in [1.54, 1.807) is 23.1 Å². The minimum absolute atomic E-state index is 0.976. The summed E-state index contributed by atoms with van der Waals surface area (Å²) >= 11 is 3.47. The van der Waals surface area contributed by atoms with Crippen LogP contribution < -0.4 is 5.32 Å². The van der Waals surface area contributed by atoms with E-state index in [2.05, 4.69) is 15.5 Å². The zero-order valence-corrected chi connectivity index (χ0v) is 9.96. The summed E-state index contributed by atoms with van der Waals surface area (Å²) in [5.74, 6) is 2.07. The molecule has 1 aromatic rings. The first-order chi connectivity index (χ1) is 6.84. The van der Waals surface area contributed by atoms with Gasteiger partial charge in [-0.15, -0.1) is 10.2 Å². The van der Waals surface area contributed by atoms with Gasteiger partial charge in [0.1, 0.15) is 5.01 Å². The Hall–Kier alpha value is -0.130. The summed E-state index contributed by atoms with van der Waals surface area (Å²) in [5.41, 5.74) is 0. The second kappa shape index (κ2) is 5.09. The van der Waals surface area contributed by atoms with Crippen molar-refractivity contribution in [1.82, 2.24) is 15.5 Å². The highest BCUT2D eigenvalue weighted by atomic mass is 32.2. The Morgan fingerprint density at radius 3 is 3.00 bits per heavy atom. The van der Waals surface area contributed by atoms with Crippen LogP contribution >= 0.6 is 23.1 Å². The Morgan fingerprint density at radius 2 is 2.36 bits per heavy atom. The van der Waals surface area contributed by atoms with Gasteiger partial charge in [-0.05, 0) is 32.2 Å². The monoisotopic (exact) mass is 229 g/mol. The molecule has 0 amide bonds. The van der Waals surface area contributed by atoms with Crippen molar-refractivity contribution in [3.8, 4) is 0 Å². The van der Waals surface area contributed by atoms with E-state index in [9.17, 15) is 0 Å². The van der Waals surface area contributed by atoms with Gasteiger partial charge >= 0.3 is 0 Å². The first-order valence-corrected chi connectivity index (χ1v) is 6.78. The highest BCUT2D eigenvalue weighted by molar-refractivity contribution is 8.01. The molecule has 0 bridgehead atoms. The van der Waals surface area contributed by atoms with Crippen LogP contribution in [0.3, 0.4) is 0 Å². The Balaban J connectivity index is 1.53. The predicted molar refractivity (Wildman–Crippen MR) is 61.0 cm³/mol. The molecule has 2 rings (SSSR count). The molecule has 5 heteroatoms. The molecule has 1 N–H and O–H groups in total. The molecule has 1 saturated carbocycles. The molecule has 1 aliphatic carbocycles. The maximum atomic E-state index is 4.06. The van der Waals surface area contributed by atoms with Crippen molar-refractivity contribution in [2.45, 2.75) is 24.1 Å². The second-order valence-corrected chi connectivity index (χ2v) is 6.11. The van der Waals surface area contributed by atoms with Gasteiger partial charge in [-0.3, -0.25) is 0 Å². The van der Waals surface area contributed by atoms with E-state index >= 15 is 0 Å². The highest BCUT2D eigenvalue weighted by Gasteiger charge is 2.19. The first kappa shape index (κ1) is 10.4. The molecule has 0 unspecified atom stereocenters. The molecule has 78 valence electrons. The maximum absolute atomic E-state index is 4.06. The number of aryl methyl sites for hydroxylation is 1. The summed E-state index contributed by atoms with van der Waals surface area (Å²) < 4.78 is 1.09. The molecule has 14 heavy (non-hydrogen) atoms. The van der Waals surface area contributed by atoms with Gasteiger partial charge in [0.15, 0.2) is 4.34 Å². The third-order valence-corrected chi connectivity index (χ3v) is 4.12. The number of hydrogen-bond acceptors (Lipinski definition) is 5. The molecule has 0 aromatic carbocycles. The molecular formula is C9H15N3S2. The Labute approximate surface area is 92.7 Å². The fourth-order valence-electron chi connectivity index (χ4n) is 1.18. The van der Waals surface area contributed by atoms with Crippen molar-refractivity contribution in [3.63, 3.8) is 0 Å². The third kappa shape index (κ3) is 3.55. The SMILES string of the molecule is Cc1nnc(SCCNCC2CC2)s1. The topological polar surface area (TPSA) is 37.8 Å². The summed E-state index contributed by atoms with van der Waals surface area (Å²) in [4.78, 5) is 0. The van der Waals surface area contributed by atoms with Crippen LogP contribution in [0.1, 0.15) is 17.8 Å². The zero-order chi connectivity index (χ0) is 9.80. The first-order valence-electron chi connectivity index (χ1n) is 4.98. The largest absolute Gasteiger partial charge is 0.316 e. The normalized spacial score (nSPS) is 16.1. The van der Waals surface area contributed by atoms with Crippen molar-refractivity contribution < 1.29 is 0 Å². The van der Waals surface area contributed by atoms with Crippen LogP contribution in [-0.2, 0) is 0 Å². The van der Waals surface area contributed by atoms with Crippen LogP contribution in [0.2, 0.25) is 0 Å². The molecule has 1 aromatic heterocycles. The standard InChI is InChI=1S/C9H15N3S2/c1-7-11-12-9(14-7)13-5-4-10-6-8-2-3-8/h8,10H,2-6H2,1H3. The number of rotatable bonds is 6. The molecular weight excluding hydrogens is 214 g/mol. The molecule has 1 aliphatic rings. The number of hydrogen-bond donors (Lipinski definition) is 1. The van der Waals surface area contributed by atoms with Crippen LogP contribution in [0, 0.1) is 12.8 Å². The van der Waals surface area contributed by atoms with Crippen LogP contribution in [0.15, 0.2) is 4.34 Å². The van der Waals surface area contributed by atoms with Gasteiger partial charge in [-0.1, -0.05) is 23.1 Å². The minimum Gasteiger partial charge on any atom is -0.316 e. The van der Waals surface area contributed by atoms with Crippen LogP contribution in [0.4, 0.5) is 0 Å². The fraction of sp³-hybridized carbons (Fsp3) is 0.778. The van der Waals surface area contributed by atoms with E-state index in [1.165, 1.54) is 19.4 Å². The van der Waals surface area contributed by atoms with Crippen molar-refractivity contribution in [1.29, 1.82) is 0 Å². The van der Waals surface area contributed by atoms with E-state index < -0.39 is 0 Å². The van der Waals surface area contributed by atoms with Crippen molar-refractivity contribution in [2.75, 3.05) is 18.8 Å². The quantitative estimate of drug-likeness (QED) is 0.597. The average molecular weight is 229 g/mol. The van der Waals surface area contributed by atoms with Gasteiger partial charge in [0.05, 0.1) is 0 Å². The Morgan fingerprint density at radius 1 is 1.50 bits per heavy atom. The fourth-order valence-corrected chi connectivity index (χ4v) is 2.96. The summed E-state index contributed by atoms with van der Waals surface area (Å²) in [5, 5.41) is 12.6. The summed E-state index contributed by atoms with van der Waals surface area (Å²) in [7, 11) is 0. The van der Waals surface area contributed by atoms with Gasteiger partial charge in [0, 0.05) is 12.3 Å². The summed E-state index contributed by atoms with van der Waals surface area (Å²) in [6, 6.07) is 0. The van der Waals surface area contributed by atoms with Crippen molar-refractivity contribution in [2.24, 2.45) is 5.92 Å². The lowest BCUT2D eigenvalue weighted by Gasteiger charge is -2.00. The van der Waals surface area contributed by atoms with Crippen LogP contribution in [-0.4, -0.2) is 29.0 Å². The highest BCUT2D eigenvalue weighted by Crippen LogP contribution is 2.27. The molecule has 1 heterocycles. The lowest BCUT2D eigenvalue weighted by atomic mass is 10.4. The number of nitrogens with zero attached hydrogens (tertiary/aromatic N) is 2. The Bertz CT molecular complexity index is 283. The van der Waals surface area contributed by atoms with Gasteiger partial charge in [-0.25, -0.2) is 0 Å². The molecule has 0 aliphatic heterocycles. The second-order valence-electron chi connectivity index (χ2n) is 3.58. The third-order valence-electron chi connectivity index (χ3n) is 2.14. The van der Waals surface area contributed by atoms with Gasteiger partial charge in [0.25, 0.3) is 0 Å².